The molecular formula is C9H13F2N3. The second-order valence-corrected chi connectivity index (χ2v) is 3.61. The van der Waals surface area contributed by atoms with Crippen LogP contribution in [0.5, 0.6) is 0 Å². The molecule has 0 radical (unpaired) electrons. The van der Waals surface area contributed by atoms with E-state index in [0.717, 1.165) is 5.69 Å². The molecule has 2 rings (SSSR count). The Kier molecular flexibility index (Phi) is 2.77. The molecule has 1 aliphatic rings. The van der Waals surface area contributed by atoms with Gasteiger partial charge in [0.2, 0.25) is 0 Å². The van der Waals surface area contributed by atoms with Crippen molar-refractivity contribution >= 4 is 0 Å². The van der Waals surface area contributed by atoms with Gasteiger partial charge in [0.25, 0.3) is 6.43 Å². The second kappa shape index (κ2) is 4.04. The third kappa shape index (κ3) is 2.77. The molecule has 1 fully saturated rings. The summed E-state index contributed by atoms with van der Waals surface area (Å²) in [5, 5.41) is 3.28. The first-order chi connectivity index (χ1) is 6.74. The molecule has 0 spiro atoms. The van der Waals surface area contributed by atoms with Gasteiger partial charge in [-0.2, -0.15) is 0 Å². The first kappa shape index (κ1) is 9.58. The zero-order chi connectivity index (χ0) is 9.97. The summed E-state index contributed by atoms with van der Waals surface area (Å²) in [7, 11) is 0. The van der Waals surface area contributed by atoms with Gasteiger partial charge in [0, 0.05) is 18.8 Å². The Bertz CT molecular complexity index is 294. The van der Waals surface area contributed by atoms with E-state index >= 15 is 0 Å². The van der Waals surface area contributed by atoms with Crippen molar-refractivity contribution in [3.8, 4) is 0 Å². The van der Waals surface area contributed by atoms with Crippen LogP contribution in [0.15, 0.2) is 12.5 Å². The van der Waals surface area contributed by atoms with Gasteiger partial charge in [0.15, 0.2) is 0 Å². The predicted molar refractivity (Wildman–Crippen MR) is 48.1 cm³/mol. The molecule has 78 valence electrons. The largest absolute Gasteiger partial charge is 0.331 e. The molecule has 1 aliphatic carbocycles. The molecule has 0 unspecified atom stereocenters. The van der Waals surface area contributed by atoms with Crippen molar-refractivity contribution in [1.82, 2.24) is 14.9 Å². The zero-order valence-corrected chi connectivity index (χ0v) is 7.79. The van der Waals surface area contributed by atoms with E-state index in [9.17, 15) is 8.78 Å². The van der Waals surface area contributed by atoms with E-state index in [1.54, 1.807) is 6.20 Å². The van der Waals surface area contributed by atoms with Crippen LogP contribution < -0.4 is 5.32 Å². The van der Waals surface area contributed by atoms with Gasteiger partial charge in [0.1, 0.15) is 0 Å². The van der Waals surface area contributed by atoms with Crippen LogP contribution >= 0.6 is 0 Å². The van der Waals surface area contributed by atoms with Gasteiger partial charge in [-0.05, 0) is 12.8 Å². The summed E-state index contributed by atoms with van der Waals surface area (Å²) in [5.74, 6) is 0. The predicted octanol–water partition coefficient (Wildman–Crippen LogP) is 1.40. The minimum absolute atomic E-state index is 0.267. The van der Waals surface area contributed by atoms with E-state index in [4.69, 9.17) is 0 Å². The summed E-state index contributed by atoms with van der Waals surface area (Å²) in [4.78, 5) is 4.04. The lowest BCUT2D eigenvalue weighted by Crippen LogP contribution is -2.15. The van der Waals surface area contributed by atoms with E-state index in [2.05, 4.69) is 10.3 Å². The summed E-state index contributed by atoms with van der Waals surface area (Å²) in [6.45, 7) is 0.414. The Hall–Kier alpha value is -0.970. The molecule has 0 saturated heterocycles. The Morgan fingerprint density at radius 2 is 2.36 bits per heavy atom. The monoisotopic (exact) mass is 201 g/mol. The number of alkyl halides is 2. The molecular weight excluding hydrogens is 188 g/mol. The van der Waals surface area contributed by atoms with Gasteiger partial charge in [0.05, 0.1) is 18.6 Å². The third-order valence-electron chi connectivity index (χ3n) is 2.18. The first-order valence-corrected chi connectivity index (χ1v) is 4.76. The maximum atomic E-state index is 12.0. The second-order valence-electron chi connectivity index (χ2n) is 3.61. The standard InChI is InChI=1S/C9H13F2N3/c10-9(11)5-14-4-8(13-6-14)3-12-7-1-2-7/h4,6-7,9,12H,1-3,5H2. The van der Waals surface area contributed by atoms with Crippen molar-refractivity contribution in [3.05, 3.63) is 18.2 Å². The lowest BCUT2D eigenvalue weighted by molar-refractivity contribution is 0.126. The topological polar surface area (TPSA) is 29.9 Å². The summed E-state index contributed by atoms with van der Waals surface area (Å²) in [6.07, 6.45) is 3.25. The fourth-order valence-electron chi connectivity index (χ4n) is 1.29. The number of rotatable bonds is 5. The van der Waals surface area contributed by atoms with Crippen LogP contribution in [-0.4, -0.2) is 22.0 Å². The van der Waals surface area contributed by atoms with Crippen LogP contribution in [0.25, 0.3) is 0 Å². The number of nitrogens with zero attached hydrogens (tertiary/aromatic N) is 2. The quantitative estimate of drug-likeness (QED) is 0.780. The Morgan fingerprint density at radius 3 is 3.00 bits per heavy atom. The molecule has 0 atom stereocenters. The molecule has 1 aromatic rings. The normalized spacial score (nSPS) is 16.5. The number of aromatic nitrogens is 2. The van der Waals surface area contributed by atoms with Crippen LogP contribution in [0.4, 0.5) is 8.78 Å². The molecule has 1 aromatic heterocycles. The van der Waals surface area contributed by atoms with Crippen molar-refractivity contribution in [2.75, 3.05) is 0 Å². The van der Waals surface area contributed by atoms with Gasteiger partial charge < -0.3 is 9.88 Å². The maximum absolute atomic E-state index is 12.0. The molecule has 1 heterocycles. The van der Waals surface area contributed by atoms with Gasteiger partial charge in [-0.3, -0.25) is 0 Å². The molecule has 14 heavy (non-hydrogen) atoms. The van der Waals surface area contributed by atoms with Crippen LogP contribution in [0, 0.1) is 0 Å². The number of hydrogen-bond donors (Lipinski definition) is 1. The van der Waals surface area contributed by atoms with Crippen LogP contribution in [0.1, 0.15) is 18.5 Å². The minimum atomic E-state index is -2.31. The summed E-state index contributed by atoms with van der Waals surface area (Å²) in [5.41, 5.74) is 0.831. The van der Waals surface area contributed by atoms with Crippen molar-refractivity contribution in [2.24, 2.45) is 0 Å². The highest BCUT2D eigenvalue weighted by Crippen LogP contribution is 2.18. The SMILES string of the molecule is FC(F)Cn1cnc(CNC2CC2)c1. The van der Waals surface area contributed by atoms with Crippen molar-refractivity contribution < 1.29 is 8.78 Å². The van der Waals surface area contributed by atoms with Crippen molar-refractivity contribution in [1.29, 1.82) is 0 Å². The lowest BCUT2D eigenvalue weighted by atomic mass is 10.4. The highest BCUT2D eigenvalue weighted by atomic mass is 19.3. The lowest BCUT2D eigenvalue weighted by Gasteiger charge is -1.99. The van der Waals surface area contributed by atoms with Gasteiger partial charge in [-0.15, -0.1) is 0 Å². The fourth-order valence-corrected chi connectivity index (χ4v) is 1.29. The van der Waals surface area contributed by atoms with Gasteiger partial charge >= 0.3 is 0 Å². The van der Waals surface area contributed by atoms with Crippen LogP contribution in [-0.2, 0) is 13.1 Å². The molecule has 0 bridgehead atoms. The van der Waals surface area contributed by atoms with Crippen LogP contribution in [0.3, 0.4) is 0 Å². The Morgan fingerprint density at radius 1 is 1.57 bits per heavy atom. The highest BCUT2D eigenvalue weighted by Gasteiger charge is 2.20. The highest BCUT2D eigenvalue weighted by molar-refractivity contribution is 4.97. The van der Waals surface area contributed by atoms with E-state index in [1.807, 2.05) is 0 Å². The Balaban J connectivity index is 1.81. The minimum Gasteiger partial charge on any atom is -0.331 e. The molecule has 0 aliphatic heterocycles. The van der Waals surface area contributed by atoms with Gasteiger partial charge in [-0.25, -0.2) is 13.8 Å². The Labute approximate surface area is 81.1 Å². The summed E-state index contributed by atoms with van der Waals surface area (Å²) < 4.78 is 25.4. The van der Waals surface area contributed by atoms with Crippen molar-refractivity contribution in [2.45, 2.75) is 38.4 Å². The smallest absolute Gasteiger partial charge is 0.256 e. The number of halogens is 2. The number of hydrogen-bond acceptors (Lipinski definition) is 2. The number of imidazole rings is 1. The van der Waals surface area contributed by atoms with E-state index < -0.39 is 6.43 Å². The average Bonchev–Trinajstić information content (AvgIpc) is 2.84. The summed E-state index contributed by atoms with van der Waals surface area (Å²) >= 11 is 0. The van der Waals surface area contributed by atoms with E-state index in [-0.39, 0.29) is 6.54 Å². The van der Waals surface area contributed by atoms with E-state index in [1.165, 1.54) is 23.7 Å². The van der Waals surface area contributed by atoms with Gasteiger partial charge in [-0.1, -0.05) is 0 Å². The third-order valence-corrected chi connectivity index (χ3v) is 2.18. The molecule has 1 N–H and O–H groups in total. The molecule has 0 aromatic carbocycles. The maximum Gasteiger partial charge on any atom is 0.256 e. The van der Waals surface area contributed by atoms with Crippen molar-refractivity contribution in [3.63, 3.8) is 0 Å². The van der Waals surface area contributed by atoms with Crippen LogP contribution in [0.2, 0.25) is 0 Å². The number of nitrogens with one attached hydrogen (secondary N) is 1. The average molecular weight is 201 g/mol. The molecule has 0 amide bonds. The zero-order valence-electron chi connectivity index (χ0n) is 7.79. The van der Waals surface area contributed by atoms with E-state index in [0.29, 0.717) is 12.6 Å². The molecule has 5 heteroatoms. The molecule has 1 saturated carbocycles. The fraction of sp³-hybridized carbons (Fsp3) is 0.667. The molecule has 3 nitrogen and oxygen atoms in total. The summed E-state index contributed by atoms with van der Waals surface area (Å²) in [6, 6.07) is 0.621. The first-order valence-electron chi connectivity index (χ1n) is 4.76.